The Morgan fingerprint density at radius 1 is 1.15 bits per heavy atom. The molecule has 1 heterocycles. The van der Waals surface area contributed by atoms with E-state index < -0.39 is 24.3 Å². The number of alkyl carbamates (subject to hydrolysis) is 1. The van der Waals surface area contributed by atoms with Crippen LogP contribution in [0.4, 0.5) is 4.79 Å². The van der Waals surface area contributed by atoms with Gasteiger partial charge in [0.15, 0.2) is 0 Å². The van der Waals surface area contributed by atoms with Gasteiger partial charge in [-0.3, -0.25) is 0 Å². The molecule has 2 unspecified atom stereocenters. The van der Waals surface area contributed by atoms with Crippen molar-refractivity contribution < 1.29 is 29.3 Å². The number of carbonyl (C=O) groups excluding carboxylic acids is 2. The molecule has 2 rings (SSSR count). The Morgan fingerprint density at radius 2 is 1.81 bits per heavy atom. The highest BCUT2D eigenvalue weighted by Gasteiger charge is 2.21. The first kappa shape index (κ1) is 19.3. The van der Waals surface area contributed by atoms with Crippen LogP contribution < -0.4 is 5.32 Å². The fraction of sp³-hybridized carbons (Fsp3) is 0.294. The van der Waals surface area contributed by atoms with Crippen LogP contribution in [-0.4, -0.2) is 52.0 Å². The number of benzene rings is 1. The molecule has 0 aliphatic heterocycles. The van der Waals surface area contributed by atoms with Crippen molar-refractivity contribution in [1.29, 1.82) is 0 Å². The lowest BCUT2D eigenvalue weighted by Crippen LogP contribution is -2.35. The molecular formula is C17H19N3O6. The zero-order valence-corrected chi connectivity index (χ0v) is 14.0. The number of hydrogen-bond donors (Lipinski definition) is 3. The largest absolute Gasteiger partial charge is 0.463 e. The van der Waals surface area contributed by atoms with E-state index in [1.54, 1.807) is 0 Å². The molecular weight excluding hydrogens is 342 g/mol. The Morgan fingerprint density at radius 3 is 2.42 bits per heavy atom. The maximum Gasteiger partial charge on any atom is 0.407 e. The highest BCUT2D eigenvalue weighted by Crippen LogP contribution is 2.15. The molecule has 0 aliphatic carbocycles. The molecule has 1 aromatic carbocycles. The second-order valence-electron chi connectivity index (χ2n) is 5.29. The summed E-state index contributed by atoms with van der Waals surface area (Å²) in [4.78, 5) is 30.4. The van der Waals surface area contributed by atoms with E-state index in [2.05, 4.69) is 20.0 Å². The van der Waals surface area contributed by atoms with Crippen LogP contribution >= 0.6 is 0 Å². The summed E-state index contributed by atoms with van der Waals surface area (Å²) in [6, 6.07) is 9.12. The molecule has 0 saturated carbocycles. The number of esters is 1. The van der Waals surface area contributed by atoms with E-state index in [0.717, 1.165) is 5.56 Å². The molecule has 2 atom stereocenters. The van der Waals surface area contributed by atoms with Crippen molar-refractivity contribution >= 4 is 12.1 Å². The van der Waals surface area contributed by atoms with Gasteiger partial charge in [-0.15, -0.1) is 0 Å². The van der Waals surface area contributed by atoms with Gasteiger partial charge >= 0.3 is 12.1 Å². The van der Waals surface area contributed by atoms with Gasteiger partial charge in [0, 0.05) is 24.5 Å². The van der Waals surface area contributed by atoms with Gasteiger partial charge < -0.3 is 25.0 Å². The Bertz CT molecular complexity index is 723. The van der Waals surface area contributed by atoms with Crippen LogP contribution in [0.5, 0.6) is 0 Å². The van der Waals surface area contributed by atoms with E-state index in [9.17, 15) is 19.8 Å². The maximum atomic E-state index is 11.6. The number of nitrogens with zero attached hydrogens (tertiary/aromatic N) is 2. The molecule has 3 N–H and O–H groups in total. The molecule has 9 nitrogen and oxygen atoms in total. The molecule has 1 amide bonds. The van der Waals surface area contributed by atoms with Crippen LogP contribution in [-0.2, 0) is 16.1 Å². The van der Waals surface area contributed by atoms with E-state index in [-0.39, 0.29) is 24.5 Å². The average Bonchev–Trinajstić information content (AvgIpc) is 2.70. The van der Waals surface area contributed by atoms with Crippen LogP contribution in [0.2, 0.25) is 0 Å². The molecule has 0 radical (unpaired) electrons. The van der Waals surface area contributed by atoms with Crippen molar-refractivity contribution in [3.05, 3.63) is 59.7 Å². The third kappa shape index (κ3) is 5.50. The van der Waals surface area contributed by atoms with E-state index in [4.69, 9.17) is 4.74 Å². The van der Waals surface area contributed by atoms with Gasteiger partial charge in [0.2, 0.25) is 5.82 Å². The third-order valence-electron chi connectivity index (χ3n) is 3.41. The van der Waals surface area contributed by atoms with Crippen molar-refractivity contribution in [2.75, 3.05) is 13.7 Å². The summed E-state index contributed by atoms with van der Waals surface area (Å²) in [5.74, 6) is -0.880. The fourth-order valence-corrected chi connectivity index (χ4v) is 1.98. The quantitative estimate of drug-likeness (QED) is 0.611. The molecule has 138 valence electrons. The van der Waals surface area contributed by atoms with Crippen LogP contribution in [0, 0.1) is 0 Å². The minimum absolute atomic E-state index is 0.0914. The average molecular weight is 361 g/mol. The van der Waals surface area contributed by atoms with Crippen LogP contribution in [0.15, 0.2) is 42.7 Å². The molecule has 0 bridgehead atoms. The number of hydrogen-bond acceptors (Lipinski definition) is 8. The first-order valence-electron chi connectivity index (χ1n) is 7.72. The van der Waals surface area contributed by atoms with E-state index >= 15 is 0 Å². The first-order valence-corrected chi connectivity index (χ1v) is 7.72. The lowest BCUT2D eigenvalue weighted by atomic mass is 10.1. The minimum atomic E-state index is -1.35. The number of aromatic nitrogens is 2. The number of amides is 1. The van der Waals surface area contributed by atoms with Crippen molar-refractivity contribution in [2.24, 2.45) is 0 Å². The number of carbonyl (C=O) groups is 2. The number of methoxy groups -OCH3 is 1. The summed E-state index contributed by atoms with van der Waals surface area (Å²) in [6.07, 6.45) is -0.998. The molecule has 9 heteroatoms. The van der Waals surface area contributed by atoms with Gasteiger partial charge in [0.1, 0.15) is 18.8 Å². The Kier molecular flexibility index (Phi) is 7.01. The van der Waals surface area contributed by atoms with Crippen LogP contribution in [0.3, 0.4) is 0 Å². The summed E-state index contributed by atoms with van der Waals surface area (Å²) < 4.78 is 9.47. The van der Waals surface area contributed by atoms with E-state index in [0.29, 0.717) is 0 Å². The van der Waals surface area contributed by atoms with Crippen molar-refractivity contribution in [2.45, 2.75) is 18.8 Å². The zero-order chi connectivity index (χ0) is 18.9. The van der Waals surface area contributed by atoms with Gasteiger partial charge in [0.05, 0.1) is 7.11 Å². The monoisotopic (exact) mass is 361 g/mol. The summed E-state index contributed by atoms with van der Waals surface area (Å²) in [6.45, 7) is -0.151. The van der Waals surface area contributed by atoms with Crippen LogP contribution in [0.1, 0.15) is 27.8 Å². The molecule has 2 aromatic rings. The van der Waals surface area contributed by atoms with Gasteiger partial charge in [-0.2, -0.15) is 0 Å². The van der Waals surface area contributed by atoms with Crippen molar-refractivity contribution in [1.82, 2.24) is 15.3 Å². The second kappa shape index (κ2) is 9.44. The lowest BCUT2D eigenvalue weighted by molar-refractivity contribution is 0.0179. The van der Waals surface area contributed by atoms with Crippen LogP contribution in [0.25, 0.3) is 0 Å². The third-order valence-corrected chi connectivity index (χ3v) is 3.41. The van der Waals surface area contributed by atoms with Crippen molar-refractivity contribution in [3.8, 4) is 0 Å². The van der Waals surface area contributed by atoms with Gasteiger partial charge in [-0.25, -0.2) is 19.6 Å². The second-order valence-corrected chi connectivity index (χ2v) is 5.29. The fourth-order valence-electron chi connectivity index (χ4n) is 1.98. The highest BCUT2D eigenvalue weighted by molar-refractivity contribution is 5.84. The summed E-state index contributed by atoms with van der Waals surface area (Å²) >= 11 is 0. The Balaban J connectivity index is 1.80. The lowest BCUT2D eigenvalue weighted by Gasteiger charge is -2.18. The predicted octanol–water partition coefficient (Wildman–Crippen LogP) is 0.584. The SMILES string of the molecule is COC(=O)c1ncc(C(O)C(O)CNC(=O)OCc2ccccc2)cn1. The number of ether oxygens (including phenoxy) is 2. The predicted molar refractivity (Wildman–Crippen MR) is 89.0 cm³/mol. The summed E-state index contributed by atoms with van der Waals surface area (Å²) in [5, 5.41) is 22.4. The molecule has 0 saturated heterocycles. The molecule has 0 spiro atoms. The first-order chi connectivity index (χ1) is 12.5. The number of aliphatic hydroxyl groups is 2. The molecule has 0 fully saturated rings. The Hall–Kier alpha value is -3.04. The van der Waals surface area contributed by atoms with Crippen molar-refractivity contribution in [3.63, 3.8) is 0 Å². The zero-order valence-electron chi connectivity index (χ0n) is 14.0. The molecule has 26 heavy (non-hydrogen) atoms. The van der Waals surface area contributed by atoms with Gasteiger partial charge in [-0.1, -0.05) is 30.3 Å². The normalized spacial score (nSPS) is 12.7. The summed E-state index contributed by atoms with van der Waals surface area (Å²) in [7, 11) is 1.20. The molecule has 1 aromatic heterocycles. The highest BCUT2D eigenvalue weighted by atomic mass is 16.5. The van der Waals surface area contributed by atoms with Gasteiger partial charge in [-0.05, 0) is 5.56 Å². The molecule has 0 aliphatic rings. The van der Waals surface area contributed by atoms with E-state index in [1.807, 2.05) is 30.3 Å². The smallest absolute Gasteiger partial charge is 0.407 e. The summed E-state index contributed by atoms with van der Waals surface area (Å²) in [5.41, 5.74) is 1.01. The number of rotatable bonds is 7. The standard InChI is InChI=1S/C17H19N3O6/c1-25-16(23)15-18-7-12(8-19-15)14(22)13(21)9-20-17(24)26-10-11-5-3-2-4-6-11/h2-8,13-14,21-22H,9-10H2,1H3,(H,20,24). The Labute approximate surface area is 149 Å². The van der Waals surface area contributed by atoms with E-state index in [1.165, 1.54) is 19.5 Å². The minimum Gasteiger partial charge on any atom is -0.463 e. The van der Waals surface area contributed by atoms with Gasteiger partial charge in [0.25, 0.3) is 0 Å². The maximum absolute atomic E-state index is 11.6. The number of nitrogens with one attached hydrogen (secondary N) is 1. The topological polar surface area (TPSA) is 131 Å². The number of aliphatic hydroxyl groups excluding tert-OH is 2.